The van der Waals surface area contributed by atoms with E-state index in [2.05, 4.69) is 67.7 Å². The van der Waals surface area contributed by atoms with Crippen molar-refractivity contribution in [3.63, 3.8) is 0 Å². The first kappa shape index (κ1) is 33.9. The van der Waals surface area contributed by atoms with Crippen LogP contribution in [0, 0.1) is 5.82 Å². The minimum Gasteiger partial charge on any atom is -0.456 e. The third kappa shape index (κ3) is 7.89. The van der Waals surface area contributed by atoms with E-state index in [0.29, 0.717) is 0 Å². The van der Waals surface area contributed by atoms with Crippen LogP contribution in [0.4, 0.5) is 4.39 Å². The molecule has 0 saturated heterocycles. The Hall–Kier alpha value is -2.35. The molecule has 11 heteroatoms. The maximum Gasteiger partial charge on any atom is 0.345 e. The second-order valence-corrected chi connectivity index (χ2v) is 23.2. The fourth-order valence-electron chi connectivity index (χ4n) is 3.29. The number of rotatable bonds is 10. The Bertz CT molecular complexity index is 1300. The van der Waals surface area contributed by atoms with Gasteiger partial charge in [-0.05, 0) is 74.4 Å². The first-order chi connectivity index (χ1) is 18.1. The summed E-state index contributed by atoms with van der Waals surface area (Å²) in [6.07, 6.45) is 0.619. The zero-order valence-corrected chi connectivity index (χ0v) is 28.2. The number of esters is 1. The molecule has 0 saturated carbocycles. The van der Waals surface area contributed by atoms with Gasteiger partial charge in [-0.25, -0.2) is 18.5 Å². The third-order valence-corrected chi connectivity index (χ3v) is 17.2. The molecular formula is C29H47FN2O6Si2. The highest BCUT2D eigenvalue weighted by atomic mass is 28.4. The number of benzene rings is 1. The summed E-state index contributed by atoms with van der Waals surface area (Å²) < 4.78 is 33.9. The van der Waals surface area contributed by atoms with Gasteiger partial charge >= 0.3 is 11.7 Å². The predicted octanol–water partition coefficient (Wildman–Crippen LogP) is 6.29. The van der Waals surface area contributed by atoms with E-state index in [1.165, 1.54) is 22.9 Å². The van der Waals surface area contributed by atoms with Crippen molar-refractivity contribution in [1.29, 1.82) is 0 Å². The van der Waals surface area contributed by atoms with Gasteiger partial charge < -0.3 is 13.6 Å². The first-order valence-electron chi connectivity index (χ1n) is 13.7. The Labute approximate surface area is 239 Å². The number of carbonyl (C=O) groups excluding carboxylic acids is 1. The highest BCUT2D eigenvalue weighted by molar-refractivity contribution is 6.74. The molecule has 1 aromatic heterocycles. The fraction of sp³-hybridized carbons (Fsp3) is 0.621. The number of hydrogen-bond donors (Lipinski definition) is 0. The van der Waals surface area contributed by atoms with Gasteiger partial charge in [-0.3, -0.25) is 9.36 Å². The van der Waals surface area contributed by atoms with Gasteiger partial charge in [-0.2, -0.15) is 0 Å². The average molecular weight is 595 g/mol. The molecule has 1 heterocycles. The largest absolute Gasteiger partial charge is 0.456 e. The lowest BCUT2D eigenvalue weighted by Crippen LogP contribution is -2.45. The molecule has 2 rings (SSSR count). The lowest BCUT2D eigenvalue weighted by atomic mass is 10.2. The van der Waals surface area contributed by atoms with Gasteiger partial charge in [0.25, 0.3) is 5.56 Å². The number of hydrogen-bond acceptors (Lipinski definition) is 6. The Morgan fingerprint density at radius 3 is 1.82 bits per heavy atom. The Balaban J connectivity index is 2.48. The molecule has 0 radical (unpaired) electrons. The summed E-state index contributed by atoms with van der Waals surface area (Å²) in [4.78, 5) is 40.3. The number of carbonyl (C=O) groups is 1. The zero-order chi connectivity index (χ0) is 30.8. The van der Waals surface area contributed by atoms with E-state index in [-0.39, 0.29) is 34.5 Å². The van der Waals surface area contributed by atoms with Crippen LogP contribution in [0.3, 0.4) is 0 Å². The predicted molar refractivity (Wildman–Crippen MR) is 162 cm³/mol. The quantitative estimate of drug-likeness (QED) is 0.237. The summed E-state index contributed by atoms with van der Waals surface area (Å²) in [6.45, 7) is 25.0. The van der Waals surface area contributed by atoms with Crippen molar-refractivity contribution in [2.24, 2.45) is 0 Å². The molecule has 0 aliphatic carbocycles. The molecule has 0 amide bonds. The molecule has 1 aromatic carbocycles. The number of ether oxygens (including phenoxy) is 1. The van der Waals surface area contributed by atoms with Crippen LogP contribution in [0.15, 0.2) is 40.1 Å². The van der Waals surface area contributed by atoms with Gasteiger partial charge in [0.1, 0.15) is 17.5 Å². The van der Waals surface area contributed by atoms with Crippen LogP contribution < -0.4 is 11.2 Å². The number of halogens is 1. The Kier molecular flexibility index (Phi) is 10.4. The topological polar surface area (TPSA) is 88.8 Å². The molecule has 0 unspecified atom stereocenters. The van der Waals surface area contributed by atoms with Crippen LogP contribution >= 0.6 is 0 Å². The normalized spacial score (nSPS) is 14.6. The molecule has 0 N–H and O–H groups in total. The van der Waals surface area contributed by atoms with Crippen molar-refractivity contribution < 1.29 is 22.8 Å². The molecule has 0 aliphatic rings. The van der Waals surface area contributed by atoms with Crippen molar-refractivity contribution in [3.8, 4) is 5.69 Å². The van der Waals surface area contributed by atoms with E-state index < -0.39 is 51.8 Å². The molecule has 2 aromatic rings. The summed E-state index contributed by atoms with van der Waals surface area (Å²) in [6, 6.07) is 4.45. The molecule has 0 aliphatic heterocycles. The molecule has 0 bridgehead atoms. The standard InChI is InChI=1S/C29H47FN2O6Si2/c1-20(18-36-39(9,10)28(3,4)5)31-17-24(25(33)32(27(31)35)23-15-13-22(30)14-16-23)26(34)38-21(2)19-37-40(11,12)29(6,7)8/h13-17,20-21H,18-19H2,1-12H3/t20-,21-/m1/s1. The maximum atomic E-state index is 13.6. The van der Waals surface area contributed by atoms with E-state index in [0.717, 1.165) is 16.7 Å². The van der Waals surface area contributed by atoms with Gasteiger partial charge in [0.15, 0.2) is 16.6 Å². The Morgan fingerprint density at radius 2 is 1.35 bits per heavy atom. The van der Waals surface area contributed by atoms with Crippen LogP contribution in [-0.2, 0) is 13.6 Å². The second kappa shape index (κ2) is 12.3. The third-order valence-electron chi connectivity index (χ3n) is 8.18. The molecule has 224 valence electrons. The molecule has 2 atom stereocenters. The SMILES string of the molecule is C[C@H](CO[Si](C)(C)C(C)(C)C)OC(=O)c1cn([C@H](C)CO[Si](C)(C)C(C)(C)C)c(=O)n(-c2ccc(F)cc2)c1=O. The highest BCUT2D eigenvalue weighted by Gasteiger charge is 2.38. The van der Waals surface area contributed by atoms with Crippen molar-refractivity contribution >= 4 is 22.6 Å². The summed E-state index contributed by atoms with van der Waals surface area (Å²) in [5, 5.41) is -0.0557. The second-order valence-electron chi connectivity index (χ2n) is 13.6. The van der Waals surface area contributed by atoms with Crippen molar-refractivity contribution in [1.82, 2.24) is 9.13 Å². The molecule has 0 spiro atoms. The first-order valence-corrected chi connectivity index (χ1v) is 19.5. The van der Waals surface area contributed by atoms with E-state index in [9.17, 15) is 18.8 Å². The van der Waals surface area contributed by atoms with E-state index in [1.54, 1.807) is 13.8 Å². The van der Waals surface area contributed by atoms with Gasteiger partial charge in [-0.1, -0.05) is 41.5 Å². The zero-order valence-electron chi connectivity index (χ0n) is 26.2. The summed E-state index contributed by atoms with van der Waals surface area (Å²) in [5.41, 5.74) is -1.66. The minimum atomic E-state index is -2.14. The van der Waals surface area contributed by atoms with Gasteiger partial charge in [0, 0.05) is 6.20 Å². The minimum absolute atomic E-state index is 0.0161. The lowest BCUT2D eigenvalue weighted by Gasteiger charge is -2.37. The Morgan fingerprint density at radius 1 is 0.875 bits per heavy atom. The number of aromatic nitrogens is 2. The van der Waals surface area contributed by atoms with Crippen LogP contribution in [0.2, 0.25) is 36.3 Å². The molecular weight excluding hydrogens is 547 g/mol. The molecule has 8 nitrogen and oxygen atoms in total. The van der Waals surface area contributed by atoms with E-state index in [1.807, 2.05) is 0 Å². The fourth-order valence-corrected chi connectivity index (χ4v) is 5.47. The van der Waals surface area contributed by atoms with Crippen LogP contribution in [0.1, 0.15) is 71.8 Å². The average Bonchev–Trinajstić information content (AvgIpc) is 2.81. The van der Waals surface area contributed by atoms with Gasteiger partial charge in [-0.15, -0.1) is 0 Å². The van der Waals surface area contributed by atoms with Crippen molar-refractivity contribution in [2.45, 2.75) is 104 Å². The smallest absolute Gasteiger partial charge is 0.345 e. The van der Waals surface area contributed by atoms with Crippen LogP contribution in [-0.4, -0.2) is 51.1 Å². The van der Waals surface area contributed by atoms with E-state index >= 15 is 0 Å². The number of nitrogens with zero attached hydrogens (tertiary/aromatic N) is 2. The van der Waals surface area contributed by atoms with Gasteiger partial charge in [0.05, 0.1) is 24.9 Å². The monoisotopic (exact) mass is 594 g/mol. The van der Waals surface area contributed by atoms with Crippen LogP contribution in [0.5, 0.6) is 0 Å². The van der Waals surface area contributed by atoms with Crippen molar-refractivity contribution in [3.05, 3.63) is 62.7 Å². The highest BCUT2D eigenvalue weighted by Crippen LogP contribution is 2.37. The summed E-state index contributed by atoms with van der Waals surface area (Å²) in [7, 11) is -4.22. The maximum absolute atomic E-state index is 13.6. The van der Waals surface area contributed by atoms with Crippen molar-refractivity contribution in [2.75, 3.05) is 13.2 Å². The molecule has 40 heavy (non-hydrogen) atoms. The summed E-state index contributed by atoms with van der Waals surface area (Å²) >= 11 is 0. The molecule has 0 fully saturated rings. The summed E-state index contributed by atoms with van der Waals surface area (Å²) in [5.74, 6) is -1.38. The van der Waals surface area contributed by atoms with Crippen LogP contribution in [0.25, 0.3) is 5.69 Å². The van der Waals surface area contributed by atoms with Gasteiger partial charge in [0.2, 0.25) is 0 Å². The van der Waals surface area contributed by atoms with E-state index in [4.69, 9.17) is 13.6 Å². The lowest BCUT2D eigenvalue weighted by molar-refractivity contribution is 0.0208.